The van der Waals surface area contributed by atoms with Crippen molar-refractivity contribution >= 4 is 5.69 Å². The molecule has 0 radical (unpaired) electrons. The standard InChI is InChI=1S/C15H21N3/c1-11-5-6-18(15(7-11)10-17)14-4-3-13(9-16)12(2)8-14/h3-4,8,11,15H,5-7,10,17H2,1-2H3. The van der Waals surface area contributed by atoms with Crippen LogP contribution in [0.2, 0.25) is 0 Å². The molecule has 2 atom stereocenters. The molecule has 1 fully saturated rings. The molecule has 1 aliphatic rings. The van der Waals surface area contributed by atoms with Crippen LogP contribution < -0.4 is 10.6 Å². The Morgan fingerprint density at radius 3 is 2.89 bits per heavy atom. The minimum Gasteiger partial charge on any atom is -0.367 e. The number of nitrogens with zero attached hydrogens (tertiary/aromatic N) is 2. The fraction of sp³-hybridized carbons (Fsp3) is 0.533. The number of aryl methyl sites for hydroxylation is 1. The Morgan fingerprint density at radius 1 is 1.50 bits per heavy atom. The Balaban J connectivity index is 2.25. The van der Waals surface area contributed by atoms with Gasteiger partial charge in [-0.25, -0.2) is 0 Å². The van der Waals surface area contributed by atoms with E-state index in [9.17, 15) is 0 Å². The monoisotopic (exact) mass is 243 g/mol. The molecular weight excluding hydrogens is 222 g/mol. The topological polar surface area (TPSA) is 53.0 Å². The minimum atomic E-state index is 0.432. The molecule has 18 heavy (non-hydrogen) atoms. The second kappa shape index (κ2) is 5.41. The summed E-state index contributed by atoms with van der Waals surface area (Å²) in [7, 11) is 0. The van der Waals surface area contributed by atoms with Crippen LogP contribution in [0.25, 0.3) is 0 Å². The molecule has 3 heteroatoms. The van der Waals surface area contributed by atoms with Gasteiger partial charge in [-0.3, -0.25) is 0 Å². The van der Waals surface area contributed by atoms with E-state index in [4.69, 9.17) is 11.0 Å². The summed E-state index contributed by atoms with van der Waals surface area (Å²) in [4.78, 5) is 2.40. The summed E-state index contributed by atoms with van der Waals surface area (Å²) in [6.07, 6.45) is 2.38. The van der Waals surface area contributed by atoms with Gasteiger partial charge in [-0.05, 0) is 49.4 Å². The molecule has 0 spiro atoms. The molecule has 96 valence electrons. The van der Waals surface area contributed by atoms with Crippen LogP contribution in [0.5, 0.6) is 0 Å². The normalized spacial score (nSPS) is 23.8. The summed E-state index contributed by atoms with van der Waals surface area (Å²) in [6, 6.07) is 8.71. The minimum absolute atomic E-state index is 0.432. The van der Waals surface area contributed by atoms with E-state index in [1.165, 1.54) is 12.1 Å². The molecule has 0 aromatic heterocycles. The molecule has 0 saturated carbocycles. The van der Waals surface area contributed by atoms with Gasteiger partial charge in [0, 0.05) is 24.8 Å². The largest absolute Gasteiger partial charge is 0.367 e. The van der Waals surface area contributed by atoms with Crippen molar-refractivity contribution in [2.75, 3.05) is 18.0 Å². The highest BCUT2D eigenvalue weighted by Gasteiger charge is 2.25. The van der Waals surface area contributed by atoms with Crippen molar-refractivity contribution in [3.05, 3.63) is 29.3 Å². The fourth-order valence-corrected chi connectivity index (χ4v) is 2.77. The highest BCUT2D eigenvalue weighted by atomic mass is 15.2. The maximum absolute atomic E-state index is 8.97. The first-order valence-electron chi connectivity index (χ1n) is 6.63. The molecule has 3 nitrogen and oxygen atoms in total. The van der Waals surface area contributed by atoms with E-state index in [0.717, 1.165) is 30.0 Å². The lowest BCUT2D eigenvalue weighted by Crippen LogP contribution is -2.46. The zero-order chi connectivity index (χ0) is 13.1. The van der Waals surface area contributed by atoms with Crippen molar-refractivity contribution in [2.24, 2.45) is 11.7 Å². The SMILES string of the molecule is Cc1cc(N2CCC(C)CC2CN)ccc1C#N. The first kappa shape index (κ1) is 12.9. The fourth-order valence-electron chi connectivity index (χ4n) is 2.77. The van der Waals surface area contributed by atoms with Gasteiger partial charge in [-0.15, -0.1) is 0 Å². The maximum Gasteiger partial charge on any atom is 0.0994 e. The number of hydrogen-bond acceptors (Lipinski definition) is 3. The smallest absolute Gasteiger partial charge is 0.0994 e. The molecule has 1 aromatic rings. The molecule has 1 heterocycles. The van der Waals surface area contributed by atoms with Crippen LogP contribution in [0.15, 0.2) is 18.2 Å². The molecule has 1 aromatic carbocycles. The van der Waals surface area contributed by atoms with Gasteiger partial charge < -0.3 is 10.6 Å². The highest BCUT2D eigenvalue weighted by Crippen LogP contribution is 2.28. The second-order valence-electron chi connectivity index (χ2n) is 5.32. The number of anilines is 1. The lowest BCUT2D eigenvalue weighted by atomic mass is 9.91. The van der Waals surface area contributed by atoms with Crippen molar-refractivity contribution < 1.29 is 0 Å². The summed E-state index contributed by atoms with van der Waals surface area (Å²) < 4.78 is 0. The van der Waals surface area contributed by atoms with Gasteiger partial charge in [0.2, 0.25) is 0 Å². The Labute approximate surface area is 109 Å². The van der Waals surface area contributed by atoms with E-state index in [2.05, 4.69) is 24.0 Å². The van der Waals surface area contributed by atoms with E-state index < -0.39 is 0 Å². The van der Waals surface area contributed by atoms with Crippen molar-refractivity contribution in [3.63, 3.8) is 0 Å². The molecule has 2 N–H and O–H groups in total. The third-order valence-electron chi connectivity index (χ3n) is 3.91. The lowest BCUT2D eigenvalue weighted by Gasteiger charge is -2.39. The van der Waals surface area contributed by atoms with E-state index in [1.54, 1.807) is 0 Å². The predicted molar refractivity (Wildman–Crippen MR) is 74.5 cm³/mol. The number of hydrogen-bond donors (Lipinski definition) is 1. The zero-order valence-electron chi connectivity index (χ0n) is 11.2. The van der Waals surface area contributed by atoms with Crippen molar-refractivity contribution in [1.29, 1.82) is 5.26 Å². The van der Waals surface area contributed by atoms with Crippen LogP contribution in [-0.4, -0.2) is 19.1 Å². The van der Waals surface area contributed by atoms with Crippen LogP contribution in [0.4, 0.5) is 5.69 Å². The van der Waals surface area contributed by atoms with Gasteiger partial charge in [0.15, 0.2) is 0 Å². The first-order chi connectivity index (χ1) is 8.65. The van der Waals surface area contributed by atoms with E-state index in [0.29, 0.717) is 12.6 Å². The molecule has 1 aliphatic heterocycles. The number of benzene rings is 1. The van der Waals surface area contributed by atoms with Crippen molar-refractivity contribution in [2.45, 2.75) is 32.7 Å². The van der Waals surface area contributed by atoms with Gasteiger partial charge >= 0.3 is 0 Å². The van der Waals surface area contributed by atoms with Gasteiger partial charge in [0.05, 0.1) is 11.6 Å². The predicted octanol–water partition coefficient (Wildman–Crippen LogP) is 2.43. The maximum atomic E-state index is 8.97. The summed E-state index contributed by atoms with van der Waals surface area (Å²) >= 11 is 0. The van der Waals surface area contributed by atoms with Gasteiger partial charge in [0.25, 0.3) is 0 Å². The summed E-state index contributed by atoms with van der Waals surface area (Å²) in [6.45, 7) is 6.05. The van der Waals surface area contributed by atoms with E-state index in [1.807, 2.05) is 19.1 Å². The van der Waals surface area contributed by atoms with Gasteiger partial charge in [-0.1, -0.05) is 6.92 Å². The Hall–Kier alpha value is -1.53. The Bertz CT molecular complexity index is 461. The van der Waals surface area contributed by atoms with Crippen LogP contribution >= 0.6 is 0 Å². The average molecular weight is 243 g/mol. The Kier molecular flexibility index (Phi) is 3.88. The highest BCUT2D eigenvalue weighted by molar-refractivity contribution is 5.54. The van der Waals surface area contributed by atoms with E-state index in [-0.39, 0.29) is 0 Å². The average Bonchev–Trinajstić information content (AvgIpc) is 2.38. The second-order valence-corrected chi connectivity index (χ2v) is 5.32. The summed E-state index contributed by atoms with van der Waals surface area (Å²) in [5, 5.41) is 8.97. The number of piperidine rings is 1. The third-order valence-corrected chi connectivity index (χ3v) is 3.91. The first-order valence-corrected chi connectivity index (χ1v) is 6.63. The van der Waals surface area contributed by atoms with E-state index >= 15 is 0 Å². The molecule has 2 rings (SSSR count). The lowest BCUT2D eigenvalue weighted by molar-refractivity contribution is 0.367. The number of nitriles is 1. The van der Waals surface area contributed by atoms with Crippen LogP contribution in [0.3, 0.4) is 0 Å². The molecule has 0 bridgehead atoms. The molecule has 2 unspecified atom stereocenters. The Morgan fingerprint density at radius 2 is 2.28 bits per heavy atom. The third kappa shape index (κ3) is 2.49. The molecular formula is C15H21N3. The quantitative estimate of drug-likeness (QED) is 0.868. The zero-order valence-corrected chi connectivity index (χ0v) is 11.2. The van der Waals surface area contributed by atoms with Crippen LogP contribution in [0, 0.1) is 24.2 Å². The van der Waals surface area contributed by atoms with Crippen molar-refractivity contribution in [3.8, 4) is 6.07 Å². The summed E-state index contributed by atoms with van der Waals surface area (Å²) in [5.41, 5.74) is 8.90. The molecule has 0 aliphatic carbocycles. The van der Waals surface area contributed by atoms with Crippen LogP contribution in [0.1, 0.15) is 30.9 Å². The number of nitrogens with two attached hydrogens (primary N) is 1. The number of rotatable bonds is 2. The van der Waals surface area contributed by atoms with Gasteiger partial charge in [-0.2, -0.15) is 5.26 Å². The van der Waals surface area contributed by atoms with Crippen LogP contribution in [-0.2, 0) is 0 Å². The van der Waals surface area contributed by atoms with Crippen molar-refractivity contribution in [1.82, 2.24) is 0 Å². The molecule has 0 amide bonds. The summed E-state index contributed by atoms with van der Waals surface area (Å²) in [5.74, 6) is 0.759. The molecule has 1 saturated heterocycles. The van der Waals surface area contributed by atoms with Gasteiger partial charge in [0.1, 0.15) is 0 Å².